The van der Waals surface area contributed by atoms with E-state index in [9.17, 15) is 0 Å². The van der Waals surface area contributed by atoms with Gasteiger partial charge in [0, 0.05) is 6.04 Å². The van der Waals surface area contributed by atoms with Crippen molar-refractivity contribution in [2.75, 3.05) is 6.54 Å². The van der Waals surface area contributed by atoms with Crippen molar-refractivity contribution >= 4 is 0 Å². The van der Waals surface area contributed by atoms with E-state index >= 15 is 0 Å². The van der Waals surface area contributed by atoms with E-state index in [2.05, 4.69) is 46.5 Å². The van der Waals surface area contributed by atoms with Crippen molar-refractivity contribution in [1.29, 1.82) is 0 Å². The van der Waals surface area contributed by atoms with Crippen LogP contribution in [-0.2, 0) is 0 Å². The molecule has 0 aromatic rings. The molecule has 1 atom stereocenters. The molecular formula is C13H27N. The van der Waals surface area contributed by atoms with Crippen LogP contribution in [0.3, 0.4) is 0 Å². The third-order valence-electron chi connectivity index (χ3n) is 2.27. The molecule has 14 heavy (non-hydrogen) atoms. The van der Waals surface area contributed by atoms with E-state index in [0.717, 1.165) is 13.0 Å². The zero-order valence-electron chi connectivity index (χ0n) is 10.6. The number of allylic oxidation sites excluding steroid dienone is 1. The standard InChI is InChI=1S/C13H27N/c1-7-14-12(9-8-11(2)3)10-13(4,5)6/h12,14H,2,7-10H2,1,3-6H3. The van der Waals surface area contributed by atoms with Crippen LogP contribution in [-0.4, -0.2) is 12.6 Å². The Balaban J connectivity index is 3.95. The summed E-state index contributed by atoms with van der Waals surface area (Å²) in [5, 5.41) is 3.55. The van der Waals surface area contributed by atoms with E-state index in [0.29, 0.717) is 11.5 Å². The van der Waals surface area contributed by atoms with E-state index in [1.165, 1.54) is 18.4 Å². The van der Waals surface area contributed by atoms with Gasteiger partial charge in [-0.1, -0.05) is 33.3 Å². The van der Waals surface area contributed by atoms with E-state index in [1.807, 2.05) is 0 Å². The average Bonchev–Trinajstić information content (AvgIpc) is 1.98. The molecule has 0 aliphatic rings. The third kappa shape index (κ3) is 8.31. The molecule has 84 valence electrons. The molecule has 0 saturated heterocycles. The van der Waals surface area contributed by atoms with Crippen LogP contribution < -0.4 is 5.32 Å². The molecule has 0 heterocycles. The minimum Gasteiger partial charge on any atom is -0.314 e. The smallest absolute Gasteiger partial charge is 0.00749 e. The molecule has 0 bridgehead atoms. The maximum atomic E-state index is 3.96. The largest absolute Gasteiger partial charge is 0.314 e. The van der Waals surface area contributed by atoms with Crippen molar-refractivity contribution in [2.45, 2.75) is 59.9 Å². The Morgan fingerprint density at radius 1 is 1.36 bits per heavy atom. The van der Waals surface area contributed by atoms with Crippen LogP contribution in [0.1, 0.15) is 53.9 Å². The van der Waals surface area contributed by atoms with Gasteiger partial charge in [-0.25, -0.2) is 0 Å². The Labute approximate surface area is 90.0 Å². The zero-order valence-corrected chi connectivity index (χ0v) is 10.6. The Bertz CT molecular complexity index is 165. The van der Waals surface area contributed by atoms with Crippen molar-refractivity contribution in [3.63, 3.8) is 0 Å². The number of hydrogen-bond acceptors (Lipinski definition) is 1. The first-order chi connectivity index (χ1) is 6.35. The normalized spacial score (nSPS) is 14.1. The highest BCUT2D eigenvalue weighted by atomic mass is 14.9. The molecule has 1 N–H and O–H groups in total. The first kappa shape index (κ1) is 13.7. The first-order valence-corrected chi connectivity index (χ1v) is 5.73. The summed E-state index contributed by atoms with van der Waals surface area (Å²) in [4.78, 5) is 0. The van der Waals surface area contributed by atoms with Crippen LogP contribution in [0.4, 0.5) is 0 Å². The molecule has 1 unspecified atom stereocenters. The summed E-state index contributed by atoms with van der Waals surface area (Å²) in [6.07, 6.45) is 3.61. The van der Waals surface area contributed by atoms with Gasteiger partial charge in [0.2, 0.25) is 0 Å². The quantitative estimate of drug-likeness (QED) is 0.639. The van der Waals surface area contributed by atoms with Gasteiger partial charge in [-0.05, 0) is 38.1 Å². The van der Waals surface area contributed by atoms with Gasteiger partial charge in [-0.2, -0.15) is 0 Å². The fraction of sp³-hybridized carbons (Fsp3) is 0.846. The average molecular weight is 197 g/mol. The molecule has 0 rings (SSSR count). The molecule has 1 heteroatoms. The highest BCUT2D eigenvalue weighted by Crippen LogP contribution is 2.23. The second-order valence-electron chi connectivity index (χ2n) is 5.52. The molecule has 0 aliphatic heterocycles. The lowest BCUT2D eigenvalue weighted by Crippen LogP contribution is -2.32. The maximum absolute atomic E-state index is 3.96. The van der Waals surface area contributed by atoms with Crippen molar-refractivity contribution in [1.82, 2.24) is 5.32 Å². The minimum atomic E-state index is 0.419. The van der Waals surface area contributed by atoms with Gasteiger partial charge in [0.1, 0.15) is 0 Å². The summed E-state index contributed by atoms with van der Waals surface area (Å²) in [6, 6.07) is 0.650. The van der Waals surface area contributed by atoms with Gasteiger partial charge in [-0.3, -0.25) is 0 Å². The van der Waals surface area contributed by atoms with Crippen molar-refractivity contribution in [3.05, 3.63) is 12.2 Å². The second-order valence-corrected chi connectivity index (χ2v) is 5.52. The number of hydrogen-bond donors (Lipinski definition) is 1. The SMILES string of the molecule is C=C(C)CCC(CC(C)(C)C)NCC. The minimum absolute atomic E-state index is 0.419. The lowest BCUT2D eigenvalue weighted by molar-refractivity contribution is 0.301. The second kappa shape index (κ2) is 6.23. The van der Waals surface area contributed by atoms with Gasteiger partial charge < -0.3 is 5.32 Å². The van der Waals surface area contributed by atoms with Crippen LogP contribution in [0.15, 0.2) is 12.2 Å². The molecule has 0 amide bonds. The highest BCUT2D eigenvalue weighted by Gasteiger charge is 2.17. The molecule has 0 fully saturated rings. The molecule has 0 aliphatic carbocycles. The fourth-order valence-electron chi connectivity index (χ4n) is 1.72. The van der Waals surface area contributed by atoms with Gasteiger partial charge in [0.25, 0.3) is 0 Å². The fourth-order valence-corrected chi connectivity index (χ4v) is 1.72. The molecule has 0 radical (unpaired) electrons. The number of rotatable bonds is 6. The van der Waals surface area contributed by atoms with E-state index in [1.54, 1.807) is 0 Å². The van der Waals surface area contributed by atoms with Gasteiger partial charge in [0.15, 0.2) is 0 Å². The van der Waals surface area contributed by atoms with Crippen molar-refractivity contribution in [2.24, 2.45) is 5.41 Å². The summed E-state index contributed by atoms with van der Waals surface area (Å²) < 4.78 is 0. The summed E-state index contributed by atoms with van der Waals surface area (Å²) in [5.41, 5.74) is 1.71. The monoisotopic (exact) mass is 197 g/mol. The van der Waals surface area contributed by atoms with E-state index in [4.69, 9.17) is 0 Å². The van der Waals surface area contributed by atoms with Crippen LogP contribution in [0.5, 0.6) is 0 Å². The summed E-state index contributed by atoms with van der Waals surface area (Å²) in [6.45, 7) is 16.2. The van der Waals surface area contributed by atoms with Crippen LogP contribution in [0, 0.1) is 5.41 Å². The number of nitrogens with one attached hydrogen (secondary N) is 1. The van der Waals surface area contributed by atoms with Gasteiger partial charge in [0.05, 0.1) is 0 Å². The molecule has 1 nitrogen and oxygen atoms in total. The van der Waals surface area contributed by atoms with Crippen molar-refractivity contribution in [3.8, 4) is 0 Å². The van der Waals surface area contributed by atoms with Crippen LogP contribution >= 0.6 is 0 Å². The third-order valence-corrected chi connectivity index (χ3v) is 2.27. The highest BCUT2D eigenvalue weighted by molar-refractivity contribution is 4.89. The van der Waals surface area contributed by atoms with Crippen molar-refractivity contribution < 1.29 is 0 Å². The Morgan fingerprint density at radius 2 is 1.93 bits per heavy atom. The van der Waals surface area contributed by atoms with E-state index < -0.39 is 0 Å². The summed E-state index contributed by atoms with van der Waals surface area (Å²) in [5.74, 6) is 0. The topological polar surface area (TPSA) is 12.0 Å². The Hall–Kier alpha value is -0.300. The van der Waals surface area contributed by atoms with E-state index in [-0.39, 0.29) is 0 Å². The molecule has 0 aromatic carbocycles. The first-order valence-electron chi connectivity index (χ1n) is 5.73. The maximum Gasteiger partial charge on any atom is 0.00749 e. The molecular weight excluding hydrogens is 170 g/mol. The van der Waals surface area contributed by atoms with Crippen LogP contribution in [0.2, 0.25) is 0 Å². The predicted octanol–water partition coefficient (Wildman–Crippen LogP) is 3.76. The Morgan fingerprint density at radius 3 is 2.29 bits per heavy atom. The van der Waals surface area contributed by atoms with Gasteiger partial charge >= 0.3 is 0 Å². The molecule has 0 spiro atoms. The lowest BCUT2D eigenvalue weighted by Gasteiger charge is -2.26. The summed E-state index contributed by atoms with van der Waals surface area (Å²) in [7, 11) is 0. The zero-order chi connectivity index (χ0) is 11.2. The predicted molar refractivity (Wildman–Crippen MR) is 65.6 cm³/mol. The van der Waals surface area contributed by atoms with Gasteiger partial charge in [-0.15, -0.1) is 6.58 Å². The lowest BCUT2D eigenvalue weighted by atomic mass is 9.86. The van der Waals surface area contributed by atoms with Crippen LogP contribution in [0.25, 0.3) is 0 Å². The molecule has 0 saturated carbocycles. The summed E-state index contributed by atoms with van der Waals surface area (Å²) >= 11 is 0. The molecule has 0 aromatic heterocycles. The Kier molecular flexibility index (Phi) is 6.10.